The van der Waals surface area contributed by atoms with Gasteiger partial charge in [0.05, 0.1) is 5.03 Å². The van der Waals surface area contributed by atoms with E-state index in [2.05, 4.69) is 25.8 Å². The molecule has 15 heavy (non-hydrogen) atoms. The summed E-state index contributed by atoms with van der Waals surface area (Å²) in [6, 6.07) is 0. The third kappa shape index (κ3) is 10.1. The third-order valence-corrected chi connectivity index (χ3v) is 3.41. The van der Waals surface area contributed by atoms with Crippen LogP contribution in [0.3, 0.4) is 0 Å². The molecule has 0 saturated carbocycles. The van der Waals surface area contributed by atoms with Gasteiger partial charge >= 0.3 is 0 Å². The largest absolute Gasteiger partial charge is 0.403 e. The van der Waals surface area contributed by atoms with Gasteiger partial charge in [0, 0.05) is 10.9 Å². The van der Waals surface area contributed by atoms with E-state index in [1.807, 2.05) is 0 Å². The quantitative estimate of drug-likeness (QED) is 0.433. The summed E-state index contributed by atoms with van der Waals surface area (Å²) < 4.78 is 0. The molecule has 0 bridgehead atoms. The summed E-state index contributed by atoms with van der Waals surface area (Å²) in [5.41, 5.74) is 11.9. The number of hydrogen-bond acceptors (Lipinski definition) is 4. The van der Waals surface area contributed by atoms with E-state index in [0.717, 1.165) is 43.6 Å². The Bertz CT molecular complexity index is 205. The maximum absolute atomic E-state index is 5.59. The van der Waals surface area contributed by atoms with Gasteiger partial charge in [-0.3, -0.25) is 0 Å². The molecule has 1 unspecified atom stereocenters. The summed E-state index contributed by atoms with van der Waals surface area (Å²) in [6.07, 6.45) is 5.41. The summed E-state index contributed by atoms with van der Waals surface area (Å²) in [7, 11) is 0. The van der Waals surface area contributed by atoms with Crippen LogP contribution in [0.5, 0.6) is 0 Å². The first-order chi connectivity index (χ1) is 7.06. The van der Waals surface area contributed by atoms with Crippen molar-refractivity contribution in [2.45, 2.75) is 37.4 Å². The first-order valence-corrected chi connectivity index (χ1v) is 6.72. The van der Waals surface area contributed by atoms with E-state index < -0.39 is 0 Å². The lowest BCUT2D eigenvalue weighted by atomic mass is 10.1. The zero-order valence-electron chi connectivity index (χ0n) is 9.24. The lowest BCUT2D eigenvalue weighted by Gasteiger charge is -2.14. The highest BCUT2D eigenvalue weighted by atomic mass is 32.2. The molecule has 0 aliphatic heterocycles. The van der Waals surface area contributed by atoms with Crippen LogP contribution >= 0.6 is 24.4 Å². The average molecular weight is 246 g/mol. The van der Waals surface area contributed by atoms with Gasteiger partial charge in [0.1, 0.15) is 0 Å². The smallest absolute Gasteiger partial charge is 0.0584 e. The fourth-order valence-corrected chi connectivity index (χ4v) is 2.78. The molecule has 0 rings (SSSR count). The van der Waals surface area contributed by atoms with Crippen LogP contribution in [0.25, 0.3) is 0 Å². The summed E-state index contributed by atoms with van der Waals surface area (Å²) in [5, 5.41) is 1.25. The molecule has 0 aromatic heterocycles. The summed E-state index contributed by atoms with van der Waals surface area (Å²) in [5.74, 6) is 0.897. The molecule has 0 aliphatic rings. The van der Waals surface area contributed by atoms with E-state index in [9.17, 15) is 0 Å². The summed E-state index contributed by atoms with van der Waals surface area (Å²) in [6.45, 7) is 7.40. The Balaban J connectivity index is 3.65. The van der Waals surface area contributed by atoms with Crippen LogP contribution in [-0.2, 0) is 0 Å². The average Bonchev–Trinajstić information content (AvgIpc) is 2.11. The van der Waals surface area contributed by atoms with Crippen molar-refractivity contribution in [3.05, 3.63) is 23.9 Å². The van der Waals surface area contributed by atoms with Gasteiger partial charge < -0.3 is 11.5 Å². The van der Waals surface area contributed by atoms with Crippen molar-refractivity contribution in [3.8, 4) is 0 Å². The molecule has 0 amide bonds. The minimum Gasteiger partial charge on any atom is -0.403 e. The number of hydrogen-bond donors (Lipinski definition) is 3. The first kappa shape index (κ1) is 14.8. The third-order valence-electron chi connectivity index (χ3n) is 2.04. The molecule has 0 aromatic rings. The van der Waals surface area contributed by atoms with E-state index in [1.165, 1.54) is 0 Å². The topological polar surface area (TPSA) is 52.0 Å². The number of thioether (sulfide) groups is 1. The Hall–Kier alpha value is -0.220. The van der Waals surface area contributed by atoms with E-state index in [0.29, 0.717) is 10.3 Å². The van der Waals surface area contributed by atoms with Gasteiger partial charge in [0.15, 0.2) is 0 Å². The van der Waals surface area contributed by atoms with Crippen LogP contribution in [0.15, 0.2) is 23.9 Å². The normalized spacial score (nSPS) is 12.3. The van der Waals surface area contributed by atoms with Crippen molar-refractivity contribution in [3.63, 3.8) is 0 Å². The van der Waals surface area contributed by atoms with Gasteiger partial charge in [-0.15, -0.1) is 11.8 Å². The molecule has 0 aromatic carbocycles. The van der Waals surface area contributed by atoms with E-state index in [-0.39, 0.29) is 0 Å². The standard InChI is InChI=1S/C11H22N2S2/c1-9(12)5-3-4-6-11(7-8-14)15-10(2)13/h11,14H,1-8,12-13H2. The molecule has 2 nitrogen and oxygen atoms in total. The van der Waals surface area contributed by atoms with Crippen molar-refractivity contribution in [1.82, 2.24) is 0 Å². The maximum Gasteiger partial charge on any atom is 0.0584 e. The van der Waals surface area contributed by atoms with Crippen LogP contribution in [0.2, 0.25) is 0 Å². The molecule has 0 spiro atoms. The van der Waals surface area contributed by atoms with Gasteiger partial charge in [-0.1, -0.05) is 19.6 Å². The minimum atomic E-state index is 0.547. The lowest BCUT2D eigenvalue weighted by Crippen LogP contribution is -2.07. The summed E-state index contributed by atoms with van der Waals surface area (Å²) >= 11 is 5.91. The zero-order valence-corrected chi connectivity index (χ0v) is 11.0. The number of allylic oxidation sites excluding steroid dienone is 1. The SMILES string of the molecule is C=C(N)CCCCC(CCS)SC(=C)N. The van der Waals surface area contributed by atoms with Crippen molar-refractivity contribution < 1.29 is 0 Å². The first-order valence-electron chi connectivity index (χ1n) is 5.21. The second-order valence-corrected chi connectivity index (χ2v) is 5.50. The Morgan fingerprint density at radius 1 is 1.20 bits per heavy atom. The highest BCUT2D eigenvalue weighted by Crippen LogP contribution is 2.25. The monoisotopic (exact) mass is 246 g/mol. The molecule has 1 atom stereocenters. The molecular weight excluding hydrogens is 224 g/mol. The molecule has 0 saturated heterocycles. The van der Waals surface area contributed by atoms with Gasteiger partial charge in [0.25, 0.3) is 0 Å². The predicted octanol–water partition coefficient (Wildman–Crippen LogP) is 2.87. The van der Waals surface area contributed by atoms with Gasteiger partial charge in [-0.2, -0.15) is 12.6 Å². The number of thiol groups is 1. The zero-order chi connectivity index (χ0) is 11.7. The van der Waals surface area contributed by atoms with Crippen LogP contribution < -0.4 is 11.5 Å². The molecule has 0 aliphatic carbocycles. The van der Waals surface area contributed by atoms with Gasteiger partial charge in [-0.25, -0.2) is 0 Å². The minimum absolute atomic E-state index is 0.547. The van der Waals surface area contributed by atoms with Crippen molar-refractivity contribution >= 4 is 24.4 Å². The van der Waals surface area contributed by atoms with E-state index in [1.54, 1.807) is 11.8 Å². The lowest BCUT2D eigenvalue weighted by molar-refractivity contribution is 0.644. The van der Waals surface area contributed by atoms with Gasteiger partial charge in [0.2, 0.25) is 0 Å². The van der Waals surface area contributed by atoms with E-state index in [4.69, 9.17) is 11.5 Å². The highest BCUT2D eigenvalue weighted by molar-refractivity contribution is 8.03. The molecule has 4 N–H and O–H groups in total. The number of unbranched alkanes of at least 4 members (excludes halogenated alkanes) is 1. The Morgan fingerprint density at radius 2 is 1.87 bits per heavy atom. The maximum atomic E-state index is 5.59. The Kier molecular flexibility index (Phi) is 8.91. The molecular formula is C11H22N2S2. The highest BCUT2D eigenvalue weighted by Gasteiger charge is 2.08. The second-order valence-electron chi connectivity index (χ2n) is 3.62. The van der Waals surface area contributed by atoms with Crippen molar-refractivity contribution in [2.75, 3.05) is 5.75 Å². The summed E-state index contributed by atoms with van der Waals surface area (Å²) in [4.78, 5) is 0. The number of rotatable bonds is 9. The molecule has 0 fully saturated rings. The van der Waals surface area contributed by atoms with Crippen molar-refractivity contribution in [2.24, 2.45) is 11.5 Å². The molecule has 0 radical (unpaired) electrons. The molecule has 88 valence electrons. The number of nitrogens with two attached hydrogens (primary N) is 2. The van der Waals surface area contributed by atoms with Gasteiger partial charge in [-0.05, 0) is 31.4 Å². The second kappa shape index (κ2) is 9.04. The van der Waals surface area contributed by atoms with Crippen LogP contribution in [0, 0.1) is 0 Å². The Morgan fingerprint density at radius 3 is 2.33 bits per heavy atom. The van der Waals surface area contributed by atoms with E-state index >= 15 is 0 Å². The van der Waals surface area contributed by atoms with Crippen molar-refractivity contribution in [1.29, 1.82) is 0 Å². The molecule has 4 heteroatoms. The predicted molar refractivity (Wildman–Crippen MR) is 75.0 cm³/mol. The fourth-order valence-electron chi connectivity index (χ4n) is 1.34. The fraction of sp³-hybridized carbons (Fsp3) is 0.636. The Labute approximate surface area is 103 Å². The van der Waals surface area contributed by atoms with Crippen LogP contribution in [0.4, 0.5) is 0 Å². The van der Waals surface area contributed by atoms with Crippen LogP contribution in [0.1, 0.15) is 32.1 Å². The van der Waals surface area contributed by atoms with Crippen LogP contribution in [-0.4, -0.2) is 11.0 Å². The molecule has 0 heterocycles.